The molecular weight excluding hydrogens is 174 g/mol. The minimum Gasteiger partial charge on any atom is -0.366 e. The molecular formula is C12H15NO. The van der Waals surface area contributed by atoms with Gasteiger partial charge in [-0.3, -0.25) is 4.79 Å². The molecule has 0 saturated heterocycles. The standard InChI is InChI=1S/C12H15NO/c1-4-5-10-6-7-11(12(13)14)9(3)8(10)2/h4,6-7H,1,5H2,2-3H3,(H2,13,14). The summed E-state index contributed by atoms with van der Waals surface area (Å²) < 4.78 is 0. The summed E-state index contributed by atoms with van der Waals surface area (Å²) in [7, 11) is 0. The highest BCUT2D eigenvalue weighted by molar-refractivity contribution is 5.94. The van der Waals surface area contributed by atoms with Gasteiger partial charge in [0.1, 0.15) is 0 Å². The maximum Gasteiger partial charge on any atom is 0.248 e. The Morgan fingerprint density at radius 3 is 2.57 bits per heavy atom. The highest BCUT2D eigenvalue weighted by Crippen LogP contribution is 2.18. The Kier molecular flexibility index (Phi) is 3.07. The molecule has 0 radical (unpaired) electrons. The van der Waals surface area contributed by atoms with Gasteiger partial charge in [0.25, 0.3) is 0 Å². The predicted molar refractivity (Wildman–Crippen MR) is 58.3 cm³/mol. The topological polar surface area (TPSA) is 43.1 Å². The maximum absolute atomic E-state index is 11.0. The molecule has 2 N–H and O–H groups in total. The molecule has 0 aliphatic carbocycles. The lowest BCUT2D eigenvalue weighted by molar-refractivity contribution is 0.0999. The molecule has 1 amide bonds. The van der Waals surface area contributed by atoms with Gasteiger partial charge < -0.3 is 5.73 Å². The first-order chi connectivity index (χ1) is 6.57. The van der Waals surface area contributed by atoms with Crippen LogP contribution < -0.4 is 5.73 Å². The molecule has 14 heavy (non-hydrogen) atoms. The van der Waals surface area contributed by atoms with Gasteiger partial charge in [0.15, 0.2) is 0 Å². The van der Waals surface area contributed by atoms with Gasteiger partial charge in [-0.15, -0.1) is 6.58 Å². The number of carbonyl (C=O) groups is 1. The molecule has 0 aromatic heterocycles. The first-order valence-corrected chi connectivity index (χ1v) is 4.57. The molecule has 74 valence electrons. The van der Waals surface area contributed by atoms with Crippen molar-refractivity contribution < 1.29 is 4.79 Å². The highest BCUT2D eigenvalue weighted by atomic mass is 16.1. The zero-order chi connectivity index (χ0) is 10.7. The zero-order valence-electron chi connectivity index (χ0n) is 8.63. The third-order valence-corrected chi connectivity index (χ3v) is 2.53. The Morgan fingerprint density at radius 1 is 1.43 bits per heavy atom. The smallest absolute Gasteiger partial charge is 0.248 e. The lowest BCUT2D eigenvalue weighted by Gasteiger charge is -2.09. The van der Waals surface area contributed by atoms with Gasteiger partial charge in [0.05, 0.1) is 0 Å². The van der Waals surface area contributed by atoms with Gasteiger partial charge >= 0.3 is 0 Å². The van der Waals surface area contributed by atoms with Crippen molar-refractivity contribution in [2.24, 2.45) is 5.73 Å². The van der Waals surface area contributed by atoms with Crippen molar-refractivity contribution in [3.05, 3.63) is 47.0 Å². The predicted octanol–water partition coefficient (Wildman–Crippen LogP) is 2.13. The van der Waals surface area contributed by atoms with E-state index in [9.17, 15) is 4.79 Å². The molecule has 0 spiro atoms. The third kappa shape index (κ3) is 1.84. The van der Waals surface area contributed by atoms with E-state index in [-0.39, 0.29) is 5.91 Å². The van der Waals surface area contributed by atoms with Crippen LogP contribution in [0.3, 0.4) is 0 Å². The van der Waals surface area contributed by atoms with Crippen LogP contribution in [0.4, 0.5) is 0 Å². The molecule has 2 heteroatoms. The molecule has 0 atom stereocenters. The second-order valence-electron chi connectivity index (χ2n) is 3.38. The average molecular weight is 189 g/mol. The number of allylic oxidation sites excluding steroid dienone is 1. The van der Waals surface area contributed by atoms with E-state index in [0.29, 0.717) is 5.56 Å². The summed E-state index contributed by atoms with van der Waals surface area (Å²) in [5.41, 5.74) is 9.15. The molecule has 0 bridgehead atoms. The number of carbonyl (C=O) groups excluding carboxylic acids is 1. The van der Waals surface area contributed by atoms with Crippen molar-refractivity contribution in [2.75, 3.05) is 0 Å². The minimum absolute atomic E-state index is 0.365. The van der Waals surface area contributed by atoms with Crippen molar-refractivity contribution in [3.8, 4) is 0 Å². The van der Waals surface area contributed by atoms with E-state index in [0.717, 1.165) is 17.5 Å². The van der Waals surface area contributed by atoms with Crippen LogP contribution in [-0.2, 0) is 6.42 Å². The van der Waals surface area contributed by atoms with Crippen LogP contribution in [0.15, 0.2) is 24.8 Å². The van der Waals surface area contributed by atoms with Crippen LogP contribution in [0.5, 0.6) is 0 Å². The van der Waals surface area contributed by atoms with Gasteiger partial charge in [-0.1, -0.05) is 12.1 Å². The van der Waals surface area contributed by atoms with Crippen LogP contribution in [0.2, 0.25) is 0 Å². The zero-order valence-corrected chi connectivity index (χ0v) is 8.63. The van der Waals surface area contributed by atoms with Crippen LogP contribution >= 0.6 is 0 Å². The van der Waals surface area contributed by atoms with Crippen molar-refractivity contribution in [1.82, 2.24) is 0 Å². The number of primary amides is 1. The molecule has 1 rings (SSSR count). The Balaban J connectivity index is 3.25. The van der Waals surface area contributed by atoms with Crippen LogP contribution in [-0.4, -0.2) is 5.91 Å². The fraction of sp³-hybridized carbons (Fsp3) is 0.250. The van der Waals surface area contributed by atoms with Crippen molar-refractivity contribution >= 4 is 5.91 Å². The molecule has 0 unspecified atom stereocenters. The number of rotatable bonds is 3. The van der Waals surface area contributed by atoms with Gasteiger partial charge in [-0.05, 0) is 43.0 Å². The fourth-order valence-electron chi connectivity index (χ4n) is 1.52. The summed E-state index contributed by atoms with van der Waals surface area (Å²) in [4.78, 5) is 11.0. The van der Waals surface area contributed by atoms with Gasteiger partial charge in [-0.25, -0.2) is 0 Å². The van der Waals surface area contributed by atoms with E-state index in [1.54, 1.807) is 6.07 Å². The van der Waals surface area contributed by atoms with Crippen LogP contribution in [0.25, 0.3) is 0 Å². The summed E-state index contributed by atoms with van der Waals surface area (Å²) in [6.45, 7) is 7.61. The van der Waals surface area contributed by atoms with Crippen molar-refractivity contribution in [1.29, 1.82) is 0 Å². The van der Waals surface area contributed by atoms with E-state index in [1.807, 2.05) is 26.0 Å². The van der Waals surface area contributed by atoms with Crippen molar-refractivity contribution in [2.45, 2.75) is 20.3 Å². The van der Waals surface area contributed by atoms with E-state index in [2.05, 4.69) is 6.58 Å². The second kappa shape index (κ2) is 4.09. The highest BCUT2D eigenvalue weighted by Gasteiger charge is 2.08. The van der Waals surface area contributed by atoms with Crippen LogP contribution in [0, 0.1) is 13.8 Å². The Labute approximate surface area is 84.4 Å². The average Bonchev–Trinajstić information content (AvgIpc) is 2.13. The number of nitrogens with two attached hydrogens (primary N) is 1. The molecule has 1 aromatic carbocycles. The Hall–Kier alpha value is -1.57. The number of amides is 1. The molecule has 2 nitrogen and oxygen atoms in total. The fourth-order valence-corrected chi connectivity index (χ4v) is 1.52. The number of benzene rings is 1. The minimum atomic E-state index is -0.365. The van der Waals surface area contributed by atoms with E-state index < -0.39 is 0 Å². The summed E-state index contributed by atoms with van der Waals surface area (Å²) in [6.07, 6.45) is 2.68. The molecule has 0 saturated carbocycles. The molecule has 0 fully saturated rings. The Morgan fingerprint density at radius 2 is 2.07 bits per heavy atom. The second-order valence-corrected chi connectivity index (χ2v) is 3.38. The molecule has 0 aliphatic heterocycles. The summed E-state index contributed by atoms with van der Waals surface area (Å²) in [5, 5.41) is 0. The molecule has 0 aliphatic rings. The van der Waals surface area contributed by atoms with Gasteiger partial charge in [0, 0.05) is 5.56 Å². The number of hydrogen-bond donors (Lipinski definition) is 1. The number of hydrogen-bond acceptors (Lipinski definition) is 1. The van der Waals surface area contributed by atoms with Gasteiger partial charge in [0.2, 0.25) is 5.91 Å². The van der Waals surface area contributed by atoms with Gasteiger partial charge in [-0.2, -0.15) is 0 Å². The van der Waals surface area contributed by atoms with Crippen LogP contribution in [0.1, 0.15) is 27.0 Å². The summed E-state index contributed by atoms with van der Waals surface area (Å²) in [6, 6.07) is 3.72. The molecule has 0 heterocycles. The van der Waals surface area contributed by atoms with Crippen molar-refractivity contribution in [3.63, 3.8) is 0 Å². The monoisotopic (exact) mass is 189 g/mol. The summed E-state index contributed by atoms with van der Waals surface area (Å²) in [5.74, 6) is -0.365. The normalized spacial score (nSPS) is 9.86. The first kappa shape index (κ1) is 10.5. The van der Waals surface area contributed by atoms with E-state index in [1.165, 1.54) is 5.56 Å². The quantitative estimate of drug-likeness (QED) is 0.727. The van der Waals surface area contributed by atoms with E-state index >= 15 is 0 Å². The molecule has 1 aromatic rings. The summed E-state index contributed by atoms with van der Waals surface area (Å²) >= 11 is 0. The lowest BCUT2D eigenvalue weighted by atomic mass is 9.96. The Bertz CT molecular complexity index is 380. The largest absolute Gasteiger partial charge is 0.366 e. The third-order valence-electron chi connectivity index (χ3n) is 2.53. The van der Waals surface area contributed by atoms with E-state index in [4.69, 9.17) is 5.73 Å². The maximum atomic E-state index is 11.0. The SMILES string of the molecule is C=CCc1ccc(C(N)=O)c(C)c1C. The first-order valence-electron chi connectivity index (χ1n) is 4.57. The lowest BCUT2D eigenvalue weighted by Crippen LogP contribution is -2.13.